The van der Waals surface area contributed by atoms with E-state index < -0.39 is 4.92 Å². The first-order valence-electron chi connectivity index (χ1n) is 8.59. The fourth-order valence-corrected chi connectivity index (χ4v) is 3.12. The van der Waals surface area contributed by atoms with Gasteiger partial charge in [0.05, 0.1) is 29.4 Å². The third kappa shape index (κ3) is 3.27. The number of nitrogens with one attached hydrogen (secondary N) is 1. The van der Waals surface area contributed by atoms with Gasteiger partial charge in [-0.05, 0) is 54.1 Å². The summed E-state index contributed by atoms with van der Waals surface area (Å²) >= 11 is 0. The summed E-state index contributed by atoms with van der Waals surface area (Å²) in [5, 5.41) is 25.2. The Kier molecular flexibility index (Phi) is 4.44. The number of methoxy groups -OCH3 is 1. The van der Waals surface area contributed by atoms with E-state index in [1.54, 1.807) is 48.5 Å². The number of hydrogen-bond donors (Lipinski definition) is 2. The number of hydrazone groups is 1. The zero-order chi connectivity index (χ0) is 19.7. The van der Waals surface area contributed by atoms with Gasteiger partial charge in [-0.1, -0.05) is 0 Å². The number of phenols is 1. The van der Waals surface area contributed by atoms with Crippen molar-refractivity contribution in [2.45, 2.75) is 12.5 Å². The second-order valence-electron chi connectivity index (χ2n) is 6.33. The van der Waals surface area contributed by atoms with Crippen molar-refractivity contribution in [2.75, 3.05) is 7.11 Å². The molecule has 3 aromatic rings. The molecular weight excluding hydrogens is 362 g/mol. The van der Waals surface area contributed by atoms with Crippen LogP contribution < -0.4 is 10.2 Å². The molecule has 4 rings (SSSR count). The Morgan fingerprint density at radius 3 is 2.71 bits per heavy atom. The van der Waals surface area contributed by atoms with Crippen molar-refractivity contribution in [3.05, 3.63) is 76.0 Å². The van der Waals surface area contributed by atoms with Crippen LogP contribution in [0.2, 0.25) is 0 Å². The van der Waals surface area contributed by atoms with Gasteiger partial charge in [-0.3, -0.25) is 15.5 Å². The summed E-state index contributed by atoms with van der Waals surface area (Å²) in [4.78, 5) is 11.0. The molecule has 1 aliphatic heterocycles. The largest absolute Gasteiger partial charge is 0.508 e. The maximum atomic E-state index is 11.4. The van der Waals surface area contributed by atoms with Crippen LogP contribution >= 0.6 is 0 Å². The second-order valence-corrected chi connectivity index (χ2v) is 6.33. The van der Waals surface area contributed by atoms with Crippen LogP contribution in [-0.2, 0) is 0 Å². The average Bonchev–Trinajstić information content (AvgIpc) is 3.37. The Morgan fingerprint density at radius 1 is 1.21 bits per heavy atom. The van der Waals surface area contributed by atoms with Crippen molar-refractivity contribution in [1.82, 2.24) is 5.43 Å². The maximum Gasteiger partial charge on any atom is 0.284 e. The molecule has 142 valence electrons. The van der Waals surface area contributed by atoms with Crippen molar-refractivity contribution in [2.24, 2.45) is 5.10 Å². The zero-order valence-electron chi connectivity index (χ0n) is 15.0. The van der Waals surface area contributed by atoms with Crippen LogP contribution in [0.25, 0.3) is 11.3 Å². The van der Waals surface area contributed by atoms with Gasteiger partial charge >= 0.3 is 0 Å². The van der Waals surface area contributed by atoms with Gasteiger partial charge in [0.25, 0.3) is 5.69 Å². The van der Waals surface area contributed by atoms with Gasteiger partial charge in [-0.15, -0.1) is 0 Å². The highest BCUT2D eigenvalue weighted by molar-refractivity contribution is 6.01. The molecule has 0 spiro atoms. The topological polar surface area (TPSA) is 110 Å². The van der Waals surface area contributed by atoms with Crippen molar-refractivity contribution in [1.29, 1.82) is 0 Å². The molecule has 0 aliphatic carbocycles. The summed E-state index contributed by atoms with van der Waals surface area (Å²) in [6.45, 7) is 0. The van der Waals surface area contributed by atoms with Crippen LogP contribution in [0.3, 0.4) is 0 Å². The molecule has 0 fully saturated rings. The van der Waals surface area contributed by atoms with E-state index in [4.69, 9.17) is 9.15 Å². The van der Waals surface area contributed by atoms with E-state index in [1.807, 2.05) is 0 Å². The molecule has 1 aliphatic rings. The van der Waals surface area contributed by atoms with Gasteiger partial charge in [0.15, 0.2) is 0 Å². The van der Waals surface area contributed by atoms with Gasteiger partial charge in [-0.2, -0.15) is 5.10 Å². The van der Waals surface area contributed by atoms with Crippen LogP contribution in [0.15, 0.2) is 64.1 Å². The Bertz CT molecular complexity index is 1060. The first-order chi connectivity index (χ1) is 13.5. The van der Waals surface area contributed by atoms with Crippen molar-refractivity contribution < 1.29 is 19.2 Å². The third-order valence-electron chi connectivity index (χ3n) is 4.59. The minimum atomic E-state index is -0.458. The Balaban J connectivity index is 1.56. The van der Waals surface area contributed by atoms with Gasteiger partial charge in [0.2, 0.25) is 0 Å². The average molecular weight is 379 g/mol. The minimum absolute atomic E-state index is 0.0827. The third-order valence-corrected chi connectivity index (χ3v) is 4.59. The van der Waals surface area contributed by atoms with Gasteiger partial charge in [0.1, 0.15) is 29.1 Å². The number of furan rings is 1. The summed E-state index contributed by atoms with van der Waals surface area (Å²) in [5.74, 6) is 1.65. The molecule has 1 aromatic heterocycles. The molecule has 1 atom stereocenters. The lowest BCUT2D eigenvalue weighted by molar-refractivity contribution is -0.384. The summed E-state index contributed by atoms with van der Waals surface area (Å²) in [7, 11) is 1.46. The highest BCUT2D eigenvalue weighted by atomic mass is 16.6. The molecule has 2 N–H and O–H groups in total. The van der Waals surface area contributed by atoms with Crippen LogP contribution in [0.1, 0.15) is 23.8 Å². The van der Waals surface area contributed by atoms with E-state index in [2.05, 4.69) is 10.5 Å². The SMILES string of the molecule is COc1ccc(-c2ccc(C3CC(c4ccc(O)cc4)=NN3)o2)c([N+](=O)[O-])c1. The molecule has 2 heterocycles. The second kappa shape index (κ2) is 7.07. The van der Waals surface area contributed by atoms with E-state index in [9.17, 15) is 15.2 Å². The fraction of sp³-hybridized carbons (Fsp3) is 0.150. The summed E-state index contributed by atoms with van der Waals surface area (Å²) in [6, 6.07) is 14.8. The number of ether oxygens (including phenoxy) is 1. The normalized spacial score (nSPS) is 15.8. The van der Waals surface area contributed by atoms with Crippen molar-refractivity contribution in [3.63, 3.8) is 0 Å². The highest BCUT2D eigenvalue weighted by Crippen LogP contribution is 2.36. The van der Waals surface area contributed by atoms with Gasteiger partial charge in [-0.25, -0.2) is 0 Å². The molecule has 0 bridgehead atoms. The number of rotatable bonds is 5. The van der Waals surface area contributed by atoms with Crippen LogP contribution in [-0.4, -0.2) is 22.9 Å². The molecule has 0 amide bonds. The quantitative estimate of drug-likeness (QED) is 0.512. The number of phenolic OH excluding ortho intramolecular Hbond substituents is 1. The van der Waals surface area contributed by atoms with E-state index in [1.165, 1.54) is 13.2 Å². The van der Waals surface area contributed by atoms with Gasteiger partial charge in [0, 0.05) is 6.42 Å². The predicted molar refractivity (Wildman–Crippen MR) is 102 cm³/mol. The number of hydrogen-bond acceptors (Lipinski definition) is 7. The number of nitro groups is 1. The molecule has 1 unspecified atom stereocenters. The summed E-state index contributed by atoms with van der Waals surface area (Å²) in [6.07, 6.45) is 0.600. The Morgan fingerprint density at radius 2 is 2.00 bits per heavy atom. The zero-order valence-corrected chi connectivity index (χ0v) is 15.0. The van der Waals surface area contributed by atoms with E-state index in [0.29, 0.717) is 29.3 Å². The molecule has 0 radical (unpaired) electrons. The van der Waals surface area contributed by atoms with E-state index >= 15 is 0 Å². The van der Waals surface area contributed by atoms with E-state index in [-0.39, 0.29) is 17.5 Å². The lowest BCUT2D eigenvalue weighted by atomic mass is 10.0. The van der Waals surface area contributed by atoms with Crippen LogP contribution in [0.4, 0.5) is 5.69 Å². The highest BCUT2D eigenvalue weighted by Gasteiger charge is 2.26. The fourth-order valence-electron chi connectivity index (χ4n) is 3.12. The molecular formula is C20H17N3O5. The van der Waals surface area contributed by atoms with Crippen LogP contribution in [0.5, 0.6) is 11.5 Å². The molecule has 2 aromatic carbocycles. The number of benzene rings is 2. The van der Waals surface area contributed by atoms with Gasteiger partial charge < -0.3 is 14.3 Å². The molecule has 8 nitrogen and oxygen atoms in total. The summed E-state index contributed by atoms with van der Waals surface area (Å²) in [5.41, 5.74) is 5.09. The lowest BCUT2D eigenvalue weighted by Gasteiger charge is -2.07. The van der Waals surface area contributed by atoms with Crippen molar-refractivity contribution in [3.8, 4) is 22.8 Å². The molecule has 28 heavy (non-hydrogen) atoms. The first-order valence-corrected chi connectivity index (χ1v) is 8.59. The maximum absolute atomic E-state index is 11.4. The van der Waals surface area contributed by atoms with Crippen molar-refractivity contribution >= 4 is 11.4 Å². The number of nitro benzene ring substituents is 1. The lowest BCUT2D eigenvalue weighted by Crippen LogP contribution is -2.08. The number of nitrogens with zero attached hydrogens (tertiary/aromatic N) is 2. The Labute approximate surface area is 160 Å². The molecule has 0 saturated heterocycles. The Hall–Kier alpha value is -3.81. The minimum Gasteiger partial charge on any atom is -0.508 e. The molecule has 0 saturated carbocycles. The number of aromatic hydroxyl groups is 1. The smallest absolute Gasteiger partial charge is 0.284 e. The van der Waals surface area contributed by atoms with E-state index in [0.717, 1.165) is 11.3 Å². The molecule has 8 heteroatoms. The first kappa shape index (κ1) is 17.6. The summed E-state index contributed by atoms with van der Waals surface area (Å²) < 4.78 is 11.0. The standard InChI is InChI=1S/C20H17N3O5/c1-27-14-6-7-15(18(10-14)23(25)26)19-8-9-20(28-19)17-11-16(21-22-17)12-2-4-13(24)5-3-12/h2-10,17,22,24H,11H2,1H3. The predicted octanol–water partition coefficient (Wildman–Crippen LogP) is 4.01. The monoisotopic (exact) mass is 379 g/mol. The van der Waals surface area contributed by atoms with Crippen LogP contribution in [0, 0.1) is 10.1 Å².